The van der Waals surface area contributed by atoms with Crippen molar-refractivity contribution in [2.75, 3.05) is 0 Å². The smallest absolute Gasteiger partial charge is 0.136 e. The van der Waals surface area contributed by atoms with Crippen LogP contribution in [0.15, 0.2) is 24.9 Å². The number of nitrogens with zero attached hydrogens (tertiary/aromatic N) is 4. The first-order valence-electron chi connectivity index (χ1n) is 5.25. The molecule has 84 valence electrons. The molecule has 0 radical (unpaired) electrons. The van der Waals surface area contributed by atoms with Crippen molar-refractivity contribution in [1.82, 2.24) is 19.5 Å². The molecule has 2 heterocycles. The van der Waals surface area contributed by atoms with Gasteiger partial charge in [-0.3, -0.25) is 0 Å². The summed E-state index contributed by atoms with van der Waals surface area (Å²) < 4.78 is 2.13. The van der Waals surface area contributed by atoms with E-state index in [0.717, 1.165) is 24.4 Å². The Hall–Kier alpha value is -1.42. The highest BCUT2D eigenvalue weighted by Gasteiger charge is 2.07. The molecule has 0 saturated carbocycles. The molecule has 0 amide bonds. The molecule has 0 unspecified atom stereocenters. The quantitative estimate of drug-likeness (QED) is 0.766. The second-order valence-corrected chi connectivity index (χ2v) is 3.91. The van der Waals surface area contributed by atoms with Gasteiger partial charge in [-0.05, 0) is 6.42 Å². The van der Waals surface area contributed by atoms with E-state index in [0.29, 0.717) is 11.6 Å². The maximum Gasteiger partial charge on any atom is 0.136 e. The van der Waals surface area contributed by atoms with Crippen LogP contribution < -0.4 is 0 Å². The highest BCUT2D eigenvalue weighted by molar-refractivity contribution is 6.30. The molecule has 2 rings (SSSR count). The normalized spacial score (nSPS) is 10.6. The van der Waals surface area contributed by atoms with Gasteiger partial charge in [-0.25, -0.2) is 15.0 Å². The van der Waals surface area contributed by atoms with Gasteiger partial charge in [0.2, 0.25) is 0 Å². The lowest BCUT2D eigenvalue weighted by Gasteiger charge is -2.06. The van der Waals surface area contributed by atoms with Crippen molar-refractivity contribution in [3.8, 4) is 0 Å². The third kappa shape index (κ3) is 2.39. The minimum absolute atomic E-state index is 0.501. The first kappa shape index (κ1) is 11.1. The van der Waals surface area contributed by atoms with Crippen LogP contribution in [0.2, 0.25) is 5.15 Å². The molecule has 0 bridgehead atoms. The molecule has 4 nitrogen and oxygen atoms in total. The second-order valence-electron chi connectivity index (χ2n) is 3.55. The molecule has 5 heteroatoms. The first-order valence-corrected chi connectivity index (χ1v) is 5.63. The van der Waals surface area contributed by atoms with Crippen molar-refractivity contribution in [1.29, 1.82) is 0 Å². The van der Waals surface area contributed by atoms with Crippen LogP contribution in [0.4, 0.5) is 0 Å². The third-order valence-corrected chi connectivity index (χ3v) is 2.69. The Morgan fingerprint density at radius 1 is 1.38 bits per heavy atom. The predicted molar refractivity (Wildman–Crippen MR) is 62.4 cm³/mol. The fourth-order valence-electron chi connectivity index (χ4n) is 1.58. The van der Waals surface area contributed by atoms with Crippen LogP contribution in [0.25, 0.3) is 0 Å². The van der Waals surface area contributed by atoms with Gasteiger partial charge in [0, 0.05) is 37.1 Å². The minimum atomic E-state index is 0.501. The Morgan fingerprint density at radius 2 is 2.25 bits per heavy atom. The zero-order chi connectivity index (χ0) is 11.4. The summed E-state index contributed by atoms with van der Waals surface area (Å²) in [5.74, 6) is 0.999. The zero-order valence-corrected chi connectivity index (χ0v) is 9.85. The van der Waals surface area contributed by atoms with Crippen molar-refractivity contribution in [2.24, 2.45) is 0 Å². The van der Waals surface area contributed by atoms with E-state index >= 15 is 0 Å². The molecule has 2 aromatic heterocycles. The van der Waals surface area contributed by atoms with Crippen LogP contribution in [-0.2, 0) is 13.0 Å². The molecule has 0 N–H and O–H groups in total. The SMILES string of the molecule is CCCn1ccnc1Cc1cncnc1Cl. The Balaban J connectivity index is 2.20. The van der Waals surface area contributed by atoms with E-state index in [1.165, 1.54) is 6.33 Å². The number of aryl methyl sites for hydroxylation is 1. The standard InChI is InChI=1S/C11H13ClN4/c1-2-4-16-5-3-14-10(16)6-9-7-13-8-15-11(9)12/h3,5,7-8H,2,4,6H2,1H3. The molecule has 0 saturated heterocycles. The number of halogens is 1. The zero-order valence-electron chi connectivity index (χ0n) is 9.10. The molecule has 2 aromatic rings. The molecule has 0 fully saturated rings. The highest BCUT2D eigenvalue weighted by Crippen LogP contribution is 2.14. The summed E-state index contributed by atoms with van der Waals surface area (Å²) in [5, 5.41) is 0.501. The lowest BCUT2D eigenvalue weighted by Crippen LogP contribution is -2.04. The summed E-state index contributed by atoms with van der Waals surface area (Å²) in [5.41, 5.74) is 0.910. The minimum Gasteiger partial charge on any atom is -0.335 e. The molecule has 0 aliphatic rings. The van der Waals surface area contributed by atoms with Gasteiger partial charge < -0.3 is 4.57 Å². The van der Waals surface area contributed by atoms with Gasteiger partial charge in [0.1, 0.15) is 17.3 Å². The van der Waals surface area contributed by atoms with Crippen molar-refractivity contribution >= 4 is 11.6 Å². The van der Waals surface area contributed by atoms with Gasteiger partial charge in [-0.15, -0.1) is 0 Å². The molecule has 0 aromatic carbocycles. The van der Waals surface area contributed by atoms with E-state index in [2.05, 4.69) is 26.4 Å². The number of imidazole rings is 1. The van der Waals surface area contributed by atoms with Crippen LogP contribution in [0.1, 0.15) is 24.7 Å². The molecule has 0 spiro atoms. The molecule has 16 heavy (non-hydrogen) atoms. The lowest BCUT2D eigenvalue weighted by atomic mass is 10.2. The summed E-state index contributed by atoms with van der Waals surface area (Å²) in [6, 6.07) is 0. The van der Waals surface area contributed by atoms with Gasteiger partial charge in [0.25, 0.3) is 0 Å². The van der Waals surface area contributed by atoms with Gasteiger partial charge in [-0.1, -0.05) is 18.5 Å². The number of hydrogen-bond acceptors (Lipinski definition) is 3. The maximum absolute atomic E-state index is 5.98. The van der Waals surface area contributed by atoms with Crippen LogP contribution in [0.3, 0.4) is 0 Å². The van der Waals surface area contributed by atoms with E-state index in [1.54, 1.807) is 6.20 Å². The van der Waals surface area contributed by atoms with Gasteiger partial charge in [0.15, 0.2) is 0 Å². The number of hydrogen-bond donors (Lipinski definition) is 0. The van der Waals surface area contributed by atoms with Crippen molar-refractivity contribution in [3.63, 3.8) is 0 Å². The van der Waals surface area contributed by atoms with E-state index in [9.17, 15) is 0 Å². The first-order chi connectivity index (χ1) is 7.81. The largest absolute Gasteiger partial charge is 0.335 e. The molecule has 0 aliphatic carbocycles. The van der Waals surface area contributed by atoms with Crippen molar-refractivity contribution < 1.29 is 0 Å². The average Bonchev–Trinajstić information content (AvgIpc) is 2.70. The van der Waals surface area contributed by atoms with Crippen LogP contribution >= 0.6 is 11.6 Å². The van der Waals surface area contributed by atoms with Crippen LogP contribution in [-0.4, -0.2) is 19.5 Å². The van der Waals surface area contributed by atoms with Crippen LogP contribution in [0, 0.1) is 0 Å². The van der Waals surface area contributed by atoms with E-state index in [-0.39, 0.29) is 0 Å². The summed E-state index contributed by atoms with van der Waals surface area (Å²) >= 11 is 5.98. The monoisotopic (exact) mass is 236 g/mol. The third-order valence-electron chi connectivity index (χ3n) is 2.35. The molecular weight excluding hydrogens is 224 g/mol. The number of rotatable bonds is 4. The van der Waals surface area contributed by atoms with Crippen molar-refractivity contribution in [3.05, 3.63) is 41.5 Å². The van der Waals surface area contributed by atoms with Gasteiger partial charge >= 0.3 is 0 Å². The predicted octanol–water partition coefficient (Wildman–Crippen LogP) is 2.33. The average molecular weight is 237 g/mol. The molecule has 0 atom stereocenters. The van der Waals surface area contributed by atoms with E-state index < -0.39 is 0 Å². The maximum atomic E-state index is 5.98. The Kier molecular flexibility index (Phi) is 3.51. The van der Waals surface area contributed by atoms with E-state index in [4.69, 9.17) is 11.6 Å². The van der Waals surface area contributed by atoms with Crippen LogP contribution in [0.5, 0.6) is 0 Å². The molecule has 0 aliphatic heterocycles. The highest BCUT2D eigenvalue weighted by atomic mass is 35.5. The van der Waals surface area contributed by atoms with E-state index in [1.807, 2.05) is 12.4 Å². The Labute approximate surface area is 99.3 Å². The van der Waals surface area contributed by atoms with Gasteiger partial charge in [0.05, 0.1) is 0 Å². The summed E-state index contributed by atoms with van der Waals surface area (Å²) in [4.78, 5) is 12.2. The lowest BCUT2D eigenvalue weighted by molar-refractivity contribution is 0.646. The second kappa shape index (κ2) is 5.07. The fraction of sp³-hybridized carbons (Fsp3) is 0.364. The molecular formula is C11H13ClN4. The summed E-state index contributed by atoms with van der Waals surface area (Å²) in [6.45, 7) is 3.11. The van der Waals surface area contributed by atoms with Gasteiger partial charge in [-0.2, -0.15) is 0 Å². The fourth-order valence-corrected chi connectivity index (χ4v) is 1.74. The Morgan fingerprint density at radius 3 is 3.00 bits per heavy atom. The topological polar surface area (TPSA) is 43.6 Å². The van der Waals surface area contributed by atoms with Crippen molar-refractivity contribution in [2.45, 2.75) is 26.3 Å². The Bertz CT molecular complexity index is 467. The summed E-state index contributed by atoms with van der Waals surface area (Å²) in [6.07, 6.45) is 8.74. The summed E-state index contributed by atoms with van der Waals surface area (Å²) in [7, 11) is 0. The number of aromatic nitrogens is 4.